The van der Waals surface area contributed by atoms with E-state index < -0.39 is 58.8 Å². The monoisotopic (exact) mass is 510 g/mol. The molecule has 2 unspecified atom stereocenters. The molecule has 32 heavy (non-hydrogen) atoms. The van der Waals surface area contributed by atoms with Gasteiger partial charge in [0.05, 0.1) is 18.1 Å². The fourth-order valence-corrected chi connectivity index (χ4v) is 6.09. The Bertz CT molecular complexity index is 843. The number of alkyl halides is 3. The van der Waals surface area contributed by atoms with Gasteiger partial charge in [0.2, 0.25) is 0 Å². The zero-order chi connectivity index (χ0) is 23.3. The fraction of sp³-hybridized carbons (Fsp3) is 0.762. The SMILES string of the molecule is CC1=C[C@H]2OC3[C@H](OC(=O)CCl)[C@@H](OC(=O)CCl)[C@@](C)(C34CO4)[C@@]2(COC(=O)CCl)CC1. The van der Waals surface area contributed by atoms with Crippen LogP contribution in [0.5, 0.6) is 0 Å². The molecule has 2 bridgehead atoms. The quantitative estimate of drug-likeness (QED) is 0.169. The molecule has 3 fully saturated rings. The number of ether oxygens (including phenoxy) is 5. The van der Waals surface area contributed by atoms with Gasteiger partial charge < -0.3 is 23.7 Å². The molecule has 0 aromatic heterocycles. The summed E-state index contributed by atoms with van der Waals surface area (Å²) in [7, 11) is 0. The molecule has 0 radical (unpaired) electrons. The number of esters is 3. The largest absolute Gasteiger partial charge is 0.464 e. The minimum Gasteiger partial charge on any atom is -0.464 e. The molecule has 1 saturated carbocycles. The van der Waals surface area contributed by atoms with Crippen LogP contribution in [-0.4, -0.2) is 78.8 Å². The third kappa shape index (κ3) is 3.36. The van der Waals surface area contributed by atoms with Gasteiger partial charge in [0, 0.05) is 5.41 Å². The molecule has 0 N–H and O–H groups in total. The van der Waals surface area contributed by atoms with Gasteiger partial charge in [-0.25, -0.2) is 0 Å². The third-order valence-corrected chi connectivity index (χ3v) is 8.23. The maximum Gasteiger partial charge on any atom is 0.321 e. The Balaban J connectivity index is 1.84. The zero-order valence-electron chi connectivity index (χ0n) is 17.7. The second-order valence-electron chi connectivity index (χ2n) is 8.95. The van der Waals surface area contributed by atoms with E-state index in [0.29, 0.717) is 13.0 Å². The Kier molecular flexibility index (Phi) is 6.48. The molecule has 7 atom stereocenters. The van der Waals surface area contributed by atoms with Crippen LogP contribution in [0.2, 0.25) is 0 Å². The summed E-state index contributed by atoms with van der Waals surface area (Å²) in [6.45, 7) is 4.22. The van der Waals surface area contributed by atoms with E-state index in [0.717, 1.165) is 12.0 Å². The highest BCUT2D eigenvalue weighted by Crippen LogP contribution is 2.72. The molecule has 4 rings (SSSR count). The van der Waals surface area contributed by atoms with E-state index in [-0.39, 0.29) is 24.2 Å². The van der Waals surface area contributed by atoms with Crippen molar-refractivity contribution in [3.63, 3.8) is 0 Å². The number of allylic oxidation sites excluding steroid dienone is 1. The lowest BCUT2D eigenvalue weighted by Crippen LogP contribution is -2.66. The number of hydrogen-bond donors (Lipinski definition) is 0. The second kappa shape index (κ2) is 8.62. The zero-order valence-corrected chi connectivity index (χ0v) is 20.0. The van der Waals surface area contributed by atoms with Crippen LogP contribution in [0.25, 0.3) is 0 Å². The second-order valence-corrected chi connectivity index (χ2v) is 9.76. The highest BCUT2D eigenvalue weighted by Gasteiger charge is 2.86. The lowest BCUT2D eigenvalue weighted by Gasteiger charge is -2.57. The minimum atomic E-state index is -0.958. The summed E-state index contributed by atoms with van der Waals surface area (Å²) in [4.78, 5) is 36.5. The van der Waals surface area contributed by atoms with E-state index in [1.807, 2.05) is 19.9 Å². The molecule has 2 heterocycles. The Hall–Kier alpha value is -1.06. The van der Waals surface area contributed by atoms with Crippen LogP contribution >= 0.6 is 34.8 Å². The van der Waals surface area contributed by atoms with Gasteiger partial charge in [-0.3, -0.25) is 14.4 Å². The molecule has 0 aromatic carbocycles. The Morgan fingerprint density at radius 2 is 1.72 bits per heavy atom. The molecule has 1 spiro atoms. The van der Waals surface area contributed by atoms with Crippen molar-refractivity contribution in [2.24, 2.45) is 10.8 Å². The topological polar surface area (TPSA) is 101 Å². The molecule has 4 aliphatic rings. The van der Waals surface area contributed by atoms with Crippen molar-refractivity contribution in [2.75, 3.05) is 30.9 Å². The number of fused-ring (bicyclic) bond motifs is 2. The molecule has 11 heteroatoms. The fourth-order valence-electron chi connectivity index (χ4n) is 5.89. The predicted molar refractivity (Wildman–Crippen MR) is 114 cm³/mol. The van der Waals surface area contributed by atoms with Crippen LogP contribution in [0, 0.1) is 10.8 Å². The summed E-state index contributed by atoms with van der Waals surface area (Å²) in [5, 5.41) is 0. The summed E-state index contributed by atoms with van der Waals surface area (Å²) in [6, 6.07) is 0. The van der Waals surface area contributed by atoms with Gasteiger partial charge in [0.1, 0.15) is 36.0 Å². The average Bonchev–Trinajstić information content (AvgIpc) is 3.57. The maximum atomic E-state index is 12.3. The number of carbonyl (C=O) groups excluding carboxylic acids is 3. The van der Waals surface area contributed by atoms with E-state index >= 15 is 0 Å². The number of carbonyl (C=O) groups is 3. The van der Waals surface area contributed by atoms with Crippen molar-refractivity contribution in [1.82, 2.24) is 0 Å². The molecular weight excluding hydrogens is 487 g/mol. The molecule has 2 aliphatic carbocycles. The molecule has 8 nitrogen and oxygen atoms in total. The molecule has 178 valence electrons. The molecule has 0 aromatic rings. The smallest absolute Gasteiger partial charge is 0.321 e. The van der Waals surface area contributed by atoms with Crippen molar-refractivity contribution in [3.05, 3.63) is 11.6 Å². The van der Waals surface area contributed by atoms with Crippen LogP contribution in [-0.2, 0) is 38.1 Å². The summed E-state index contributed by atoms with van der Waals surface area (Å²) < 4.78 is 29.5. The van der Waals surface area contributed by atoms with Crippen molar-refractivity contribution in [1.29, 1.82) is 0 Å². The van der Waals surface area contributed by atoms with E-state index in [1.165, 1.54) is 0 Å². The van der Waals surface area contributed by atoms with Crippen molar-refractivity contribution < 1.29 is 38.1 Å². The molecule has 0 amide bonds. The van der Waals surface area contributed by atoms with E-state index in [4.69, 9.17) is 58.5 Å². The highest BCUT2D eigenvalue weighted by molar-refractivity contribution is 6.27. The maximum absolute atomic E-state index is 12.3. The molecule has 2 aliphatic heterocycles. The molecule has 2 saturated heterocycles. The Morgan fingerprint density at radius 3 is 2.31 bits per heavy atom. The normalized spacial score (nSPS) is 41.5. The van der Waals surface area contributed by atoms with E-state index in [2.05, 4.69) is 0 Å². The van der Waals surface area contributed by atoms with E-state index in [9.17, 15) is 14.4 Å². The van der Waals surface area contributed by atoms with Crippen LogP contribution in [0.4, 0.5) is 0 Å². The highest BCUT2D eigenvalue weighted by atomic mass is 35.5. The number of rotatable bonds is 7. The van der Waals surface area contributed by atoms with Gasteiger partial charge >= 0.3 is 17.9 Å². The first kappa shape index (κ1) is 24.1. The summed E-state index contributed by atoms with van der Waals surface area (Å²) in [6.07, 6.45) is 0.204. The van der Waals surface area contributed by atoms with Crippen molar-refractivity contribution in [2.45, 2.75) is 56.7 Å². The van der Waals surface area contributed by atoms with Crippen LogP contribution < -0.4 is 0 Å². The first-order valence-electron chi connectivity index (χ1n) is 10.4. The average molecular weight is 512 g/mol. The number of hydrogen-bond acceptors (Lipinski definition) is 8. The van der Waals surface area contributed by atoms with Gasteiger partial charge in [-0.2, -0.15) is 0 Å². The van der Waals surface area contributed by atoms with Crippen molar-refractivity contribution in [3.8, 4) is 0 Å². The van der Waals surface area contributed by atoms with Crippen LogP contribution in [0.3, 0.4) is 0 Å². The van der Waals surface area contributed by atoms with Gasteiger partial charge in [-0.15, -0.1) is 34.8 Å². The minimum absolute atomic E-state index is 0.0214. The predicted octanol–water partition coefficient (Wildman–Crippen LogP) is 2.35. The van der Waals surface area contributed by atoms with E-state index in [1.54, 1.807) is 0 Å². The van der Waals surface area contributed by atoms with Gasteiger partial charge in [0.15, 0.2) is 12.2 Å². The summed E-state index contributed by atoms with van der Waals surface area (Å²) >= 11 is 17.1. The van der Waals surface area contributed by atoms with Crippen LogP contribution in [0.15, 0.2) is 11.6 Å². The number of halogens is 3. The lowest BCUT2D eigenvalue weighted by atomic mass is 9.51. The summed E-state index contributed by atoms with van der Waals surface area (Å²) in [5.74, 6) is -2.95. The van der Waals surface area contributed by atoms with Gasteiger partial charge in [-0.05, 0) is 19.8 Å². The summed E-state index contributed by atoms with van der Waals surface area (Å²) in [5.41, 5.74) is -1.50. The van der Waals surface area contributed by atoms with Gasteiger partial charge in [-0.1, -0.05) is 18.6 Å². The van der Waals surface area contributed by atoms with Crippen LogP contribution in [0.1, 0.15) is 26.7 Å². The van der Waals surface area contributed by atoms with Gasteiger partial charge in [0.25, 0.3) is 0 Å². The van der Waals surface area contributed by atoms with Crippen molar-refractivity contribution >= 4 is 52.7 Å². The standard InChI is InChI=1S/C21H25Cl3O8/c1-11-3-4-20(9-28-13(25)6-22)12(5-11)30-18-16(31-14(26)7-23)17(32-15(27)8-24)19(20,2)21(18)10-29-21/h5,12,16-18H,3-4,6-10H2,1-2H3/t12-,16-,17-,18?,19-,20-,21?/m1/s1. The Labute approximate surface area is 200 Å². The first-order valence-corrected chi connectivity index (χ1v) is 12.0. The molecular formula is C21H25Cl3O8. The lowest BCUT2D eigenvalue weighted by molar-refractivity contribution is -0.233. The number of epoxide rings is 1. The third-order valence-electron chi connectivity index (χ3n) is 7.58. The first-order chi connectivity index (χ1) is 15.2. The Morgan fingerprint density at radius 1 is 1.09 bits per heavy atom.